The van der Waals surface area contributed by atoms with E-state index < -0.39 is 0 Å². The fourth-order valence-corrected chi connectivity index (χ4v) is 1.37. The first-order valence-electron chi connectivity index (χ1n) is 3.61. The molecule has 0 aliphatic rings. The quantitative estimate of drug-likeness (QED) is 0.542. The van der Waals surface area contributed by atoms with Crippen LogP contribution in [0.1, 0.15) is 12.6 Å². The highest BCUT2D eigenvalue weighted by atomic mass is 32.2. The van der Waals surface area contributed by atoms with Crippen LogP contribution in [-0.4, -0.2) is 20.9 Å². The summed E-state index contributed by atoms with van der Waals surface area (Å²) in [6, 6.07) is 3.18. The van der Waals surface area contributed by atoms with Crippen LogP contribution in [0.4, 0.5) is 0 Å². The zero-order valence-corrected chi connectivity index (χ0v) is 7.56. The van der Waals surface area contributed by atoms with Gasteiger partial charge in [0.1, 0.15) is 16.5 Å². The summed E-state index contributed by atoms with van der Waals surface area (Å²) in [6.07, 6.45) is 1.57. The second-order valence-corrected chi connectivity index (χ2v) is 3.41. The molecule has 4 heteroatoms. The summed E-state index contributed by atoms with van der Waals surface area (Å²) in [5.41, 5.74) is 0.365. The first-order valence-corrected chi connectivity index (χ1v) is 4.60. The summed E-state index contributed by atoms with van der Waals surface area (Å²) >= 11 is 1.36. The molecule has 0 saturated heterocycles. The third-order valence-electron chi connectivity index (χ3n) is 1.29. The highest BCUT2D eigenvalue weighted by Gasteiger charge is 2.06. The first kappa shape index (κ1) is 9.06. The maximum Gasteiger partial charge on any atom is 0.143 e. The summed E-state index contributed by atoms with van der Waals surface area (Å²) in [4.78, 5) is 3.90. The minimum absolute atomic E-state index is 0.0726. The Morgan fingerprint density at radius 3 is 3.08 bits per heavy atom. The van der Waals surface area contributed by atoms with Crippen LogP contribution < -0.4 is 0 Å². The average molecular weight is 182 g/mol. The predicted octanol–water partition coefficient (Wildman–Crippen LogP) is 1.87. The lowest BCUT2D eigenvalue weighted by Gasteiger charge is -2.01. The maximum absolute atomic E-state index is 9.29. The molecule has 0 spiro atoms. The number of nitrogens with zero attached hydrogens (tertiary/aromatic N) is 1. The minimum atomic E-state index is 0.0726. The largest absolute Gasteiger partial charge is 0.506 e. The Balaban J connectivity index is 2.87. The number of pyridine rings is 1. The molecular formula is C8H10N2OS. The number of thioether (sulfide) groups is 1. The van der Waals surface area contributed by atoms with Crippen molar-refractivity contribution in [2.45, 2.75) is 6.92 Å². The highest BCUT2D eigenvalue weighted by molar-refractivity contribution is 8.14. The number of nitrogens with one attached hydrogen (secondary N) is 1. The van der Waals surface area contributed by atoms with Gasteiger partial charge in [0.25, 0.3) is 0 Å². The molecule has 64 valence electrons. The fourth-order valence-electron chi connectivity index (χ4n) is 0.784. The minimum Gasteiger partial charge on any atom is -0.506 e. The monoisotopic (exact) mass is 182 g/mol. The summed E-state index contributed by atoms with van der Waals surface area (Å²) in [6.45, 7) is 1.96. The van der Waals surface area contributed by atoms with Crippen molar-refractivity contribution in [3.8, 4) is 5.75 Å². The van der Waals surface area contributed by atoms with Crippen LogP contribution in [0.25, 0.3) is 0 Å². The topological polar surface area (TPSA) is 57.0 Å². The van der Waals surface area contributed by atoms with Crippen molar-refractivity contribution < 1.29 is 5.11 Å². The second-order valence-electron chi connectivity index (χ2n) is 2.13. The van der Waals surface area contributed by atoms with Crippen LogP contribution in [0.2, 0.25) is 0 Å². The van der Waals surface area contributed by atoms with Gasteiger partial charge in [0.2, 0.25) is 0 Å². The second kappa shape index (κ2) is 4.11. The number of aromatic nitrogens is 1. The third kappa shape index (κ3) is 1.98. The number of aromatic hydroxyl groups is 1. The van der Waals surface area contributed by atoms with Crippen LogP contribution in [0.5, 0.6) is 5.75 Å². The van der Waals surface area contributed by atoms with Crippen molar-refractivity contribution in [2.75, 3.05) is 5.75 Å². The molecule has 0 aromatic carbocycles. The zero-order chi connectivity index (χ0) is 8.97. The van der Waals surface area contributed by atoms with Crippen LogP contribution in [0, 0.1) is 5.41 Å². The van der Waals surface area contributed by atoms with E-state index in [1.165, 1.54) is 17.8 Å². The number of hydrogen-bond acceptors (Lipinski definition) is 4. The Morgan fingerprint density at radius 2 is 2.50 bits per heavy atom. The molecule has 1 aromatic heterocycles. The fraction of sp³-hybridized carbons (Fsp3) is 0.250. The molecular weight excluding hydrogens is 172 g/mol. The molecule has 0 atom stereocenters. The van der Waals surface area contributed by atoms with Crippen LogP contribution >= 0.6 is 11.8 Å². The lowest BCUT2D eigenvalue weighted by Crippen LogP contribution is -1.97. The van der Waals surface area contributed by atoms with Crippen LogP contribution in [0.3, 0.4) is 0 Å². The van der Waals surface area contributed by atoms with E-state index in [0.29, 0.717) is 10.7 Å². The molecule has 0 aliphatic carbocycles. The molecule has 0 bridgehead atoms. The molecule has 1 rings (SSSR count). The van der Waals surface area contributed by atoms with Gasteiger partial charge in [-0.2, -0.15) is 0 Å². The normalized spacial score (nSPS) is 9.75. The zero-order valence-electron chi connectivity index (χ0n) is 6.74. The Hall–Kier alpha value is -1.03. The summed E-state index contributed by atoms with van der Waals surface area (Å²) in [5.74, 6) is 0.887. The average Bonchev–Trinajstić information content (AvgIpc) is 2.05. The van der Waals surface area contributed by atoms with Gasteiger partial charge in [-0.1, -0.05) is 6.92 Å². The Bertz CT molecular complexity index is 288. The molecule has 12 heavy (non-hydrogen) atoms. The van der Waals surface area contributed by atoms with Crippen LogP contribution in [-0.2, 0) is 0 Å². The van der Waals surface area contributed by atoms with Gasteiger partial charge in [-0.25, -0.2) is 0 Å². The van der Waals surface area contributed by atoms with E-state index in [1.54, 1.807) is 12.3 Å². The van der Waals surface area contributed by atoms with Gasteiger partial charge in [-0.3, -0.25) is 10.4 Å². The Labute approximate surface area is 75.3 Å². The predicted molar refractivity (Wildman–Crippen MR) is 50.9 cm³/mol. The molecule has 0 aliphatic heterocycles. The smallest absolute Gasteiger partial charge is 0.143 e. The van der Waals surface area contributed by atoms with Gasteiger partial charge in [0, 0.05) is 6.20 Å². The van der Waals surface area contributed by atoms with Crippen molar-refractivity contribution in [3.63, 3.8) is 0 Å². The summed E-state index contributed by atoms with van der Waals surface area (Å²) < 4.78 is 0. The van der Waals surface area contributed by atoms with Gasteiger partial charge in [-0.05, 0) is 17.9 Å². The van der Waals surface area contributed by atoms with Crippen molar-refractivity contribution in [1.29, 1.82) is 5.41 Å². The van der Waals surface area contributed by atoms with Gasteiger partial charge in [-0.15, -0.1) is 11.8 Å². The van der Waals surface area contributed by atoms with Crippen LogP contribution in [0.15, 0.2) is 18.3 Å². The van der Waals surface area contributed by atoms with E-state index in [9.17, 15) is 5.11 Å². The van der Waals surface area contributed by atoms with E-state index in [4.69, 9.17) is 5.41 Å². The molecule has 1 aromatic rings. The third-order valence-corrected chi connectivity index (χ3v) is 2.06. The van der Waals surface area contributed by atoms with Gasteiger partial charge in [0.15, 0.2) is 0 Å². The maximum atomic E-state index is 9.29. The molecule has 0 fully saturated rings. The van der Waals surface area contributed by atoms with Gasteiger partial charge < -0.3 is 5.11 Å². The molecule has 0 saturated carbocycles. The standard InChI is InChI=1S/C8H10N2OS/c1-2-12-8(9)7-6(11)4-3-5-10-7/h3-5,9,11H,2H2,1H3. The van der Waals surface area contributed by atoms with E-state index in [0.717, 1.165) is 5.75 Å². The van der Waals surface area contributed by atoms with Crippen molar-refractivity contribution in [1.82, 2.24) is 4.98 Å². The lowest BCUT2D eigenvalue weighted by atomic mass is 10.3. The molecule has 0 amide bonds. The number of rotatable bonds is 2. The van der Waals surface area contributed by atoms with E-state index in [2.05, 4.69) is 4.98 Å². The molecule has 2 N–H and O–H groups in total. The van der Waals surface area contributed by atoms with Crippen molar-refractivity contribution >= 4 is 16.8 Å². The summed E-state index contributed by atoms with van der Waals surface area (Å²) in [7, 11) is 0. The first-order chi connectivity index (χ1) is 5.75. The highest BCUT2D eigenvalue weighted by Crippen LogP contribution is 2.18. The van der Waals surface area contributed by atoms with E-state index in [1.807, 2.05) is 6.92 Å². The van der Waals surface area contributed by atoms with Gasteiger partial charge in [0.05, 0.1) is 0 Å². The molecule has 1 heterocycles. The lowest BCUT2D eigenvalue weighted by molar-refractivity contribution is 0.471. The Morgan fingerprint density at radius 1 is 1.75 bits per heavy atom. The number of hydrogen-bond donors (Lipinski definition) is 2. The van der Waals surface area contributed by atoms with Gasteiger partial charge >= 0.3 is 0 Å². The van der Waals surface area contributed by atoms with Crippen molar-refractivity contribution in [3.05, 3.63) is 24.0 Å². The van der Waals surface area contributed by atoms with E-state index in [-0.39, 0.29) is 5.75 Å². The molecule has 0 radical (unpaired) electrons. The molecule has 3 nitrogen and oxygen atoms in total. The summed E-state index contributed by atoms with van der Waals surface area (Å²) in [5, 5.41) is 17.1. The van der Waals surface area contributed by atoms with E-state index >= 15 is 0 Å². The SMILES string of the molecule is CCSC(=N)c1ncccc1O. The van der Waals surface area contributed by atoms with Crippen molar-refractivity contribution in [2.24, 2.45) is 0 Å². The Kier molecular flexibility index (Phi) is 3.10. The molecule has 0 unspecified atom stereocenters.